The maximum atomic E-state index is 14.4. The molecule has 0 radical (unpaired) electrons. The minimum Gasteiger partial charge on any atom is -0.349 e. The molecule has 0 aliphatic carbocycles. The van der Waals surface area contributed by atoms with Crippen molar-refractivity contribution in [2.45, 2.75) is 38.7 Å². The Kier molecular flexibility index (Phi) is 8.68. The number of carbonyl (C=O) groups is 1. The Morgan fingerprint density at radius 2 is 1.92 bits per heavy atom. The van der Waals surface area contributed by atoms with Gasteiger partial charge in [0.05, 0.1) is 53.1 Å². The first kappa shape index (κ1) is 29.2. The number of aromatic nitrogens is 2. The Bertz CT molecular complexity index is 1540. The molecule has 0 unspecified atom stereocenters. The highest BCUT2D eigenvalue weighted by molar-refractivity contribution is 5.94. The van der Waals surface area contributed by atoms with E-state index in [-0.39, 0.29) is 61.1 Å². The van der Waals surface area contributed by atoms with Crippen LogP contribution in [-0.4, -0.2) is 26.9 Å². The Hall–Kier alpha value is -4.35. The summed E-state index contributed by atoms with van der Waals surface area (Å²) < 4.78 is 54.3. The number of benzene rings is 2. The van der Waals surface area contributed by atoms with Gasteiger partial charge in [-0.15, -0.1) is 18.8 Å². The number of hydrogen-bond acceptors (Lipinski definition) is 5. The van der Waals surface area contributed by atoms with Gasteiger partial charge in [-0.25, -0.2) is 9.37 Å². The number of anilines is 1. The molecule has 1 atom stereocenters. The molecule has 3 aromatic rings. The maximum absolute atomic E-state index is 14.4. The van der Waals surface area contributed by atoms with Crippen LogP contribution in [0.15, 0.2) is 47.3 Å². The van der Waals surface area contributed by atoms with Gasteiger partial charge in [0, 0.05) is 13.0 Å². The first-order valence-electron chi connectivity index (χ1n) is 11.5. The molecule has 39 heavy (non-hydrogen) atoms. The van der Waals surface area contributed by atoms with Crippen molar-refractivity contribution in [3.63, 3.8) is 0 Å². The number of fused-ring (bicyclic) bond motifs is 1. The summed E-state index contributed by atoms with van der Waals surface area (Å²) in [5.74, 6) is 1.08. The summed E-state index contributed by atoms with van der Waals surface area (Å²) in [5, 5.41) is 12.0. The lowest BCUT2D eigenvalue weighted by Gasteiger charge is -2.29. The van der Waals surface area contributed by atoms with Gasteiger partial charge in [0.25, 0.3) is 11.5 Å². The van der Waals surface area contributed by atoms with Gasteiger partial charge in [0.1, 0.15) is 5.82 Å². The van der Waals surface area contributed by atoms with E-state index in [0.29, 0.717) is 11.3 Å². The summed E-state index contributed by atoms with van der Waals surface area (Å²) in [6, 6.07) is 9.48. The van der Waals surface area contributed by atoms with Crippen LogP contribution in [0.1, 0.15) is 51.3 Å². The van der Waals surface area contributed by atoms with Crippen LogP contribution in [0.2, 0.25) is 0 Å². The van der Waals surface area contributed by atoms with Crippen molar-refractivity contribution in [2.75, 3.05) is 11.9 Å². The van der Waals surface area contributed by atoms with E-state index in [0.717, 1.165) is 18.2 Å². The van der Waals surface area contributed by atoms with Crippen molar-refractivity contribution < 1.29 is 22.4 Å². The van der Waals surface area contributed by atoms with Gasteiger partial charge in [-0.3, -0.25) is 14.2 Å². The lowest BCUT2D eigenvalue weighted by molar-refractivity contribution is -0.137. The van der Waals surface area contributed by atoms with E-state index in [9.17, 15) is 27.2 Å². The minimum atomic E-state index is -4.45. The van der Waals surface area contributed by atoms with Gasteiger partial charge in [-0.1, -0.05) is 18.1 Å². The molecule has 1 N–H and O–H groups in total. The van der Waals surface area contributed by atoms with E-state index in [1.54, 1.807) is 13.0 Å². The van der Waals surface area contributed by atoms with Gasteiger partial charge in [-0.05, 0) is 42.8 Å². The molecule has 1 aliphatic rings. The van der Waals surface area contributed by atoms with Gasteiger partial charge in [-0.2, -0.15) is 18.4 Å². The fraction of sp³-hybridized carbons (Fsp3) is 0.259. The van der Waals surface area contributed by atoms with Crippen molar-refractivity contribution in [1.82, 2.24) is 14.5 Å². The number of hydrogen-bond donors (Lipinski definition) is 1. The number of carbonyl (C=O) groups excluding carboxylic acids is 1. The Morgan fingerprint density at radius 1 is 1.23 bits per heavy atom. The molecule has 0 saturated carbocycles. The zero-order chi connectivity index (χ0) is 27.6. The Balaban J connectivity index is 0.00000420. The highest BCUT2D eigenvalue weighted by atomic mass is 35.5. The summed E-state index contributed by atoms with van der Waals surface area (Å²) in [7, 11) is 0. The van der Waals surface area contributed by atoms with E-state index < -0.39 is 35.1 Å². The van der Waals surface area contributed by atoms with E-state index in [4.69, 9.17) is 11.7 Å². The molecule has 202 valence electrons. The summed E-state index contributed by atoms with van der Waals surface area (Å²) in [4.78, 5) is 32.2. The molecular weight excluding hydrogens is 538 g/mol. The zero-order valence-electron chi connectivity index (χ0n) is 20.6. The normalized spacial score (nSPS) is 13.4. The molecule has 7 nitrogen and oxygen atoms in total. The van der Waals surface area contributed by atoms with Crippen LogP contribution >= 0.6 is 12.4 Å². The summed E-state index contributed by atoms with van der Waals surface area (Å²) in [6.45, 7) is 1.63. The number of amides is 1. The van der Waals surface area contributed by atoms with Crippen molar-refractivity contribution in [3.05, 3.63) is 92.1 Å². The fourth-order valence-electron chi connectivity index (χ4n) is 4.20. The van der Waals surface area contributed by atoms with Crippen LogP contribution < -0.4 is 10.9 Å². The molecule has 4 rings (SSSR count). The van der Waals surface area contributed by atoms with E-state index >= 15 is 0 Å². The molecule has 12 heteroatoms. The smallest absolute Gasteiger partial charge is 0.349 e. The predicted octanol–water partition coefficient (Wildman–Crippen LogP) is 4.70. The third-order valence-corrected chi connectivity index (χ3v) is 6.26. The van der Waals surface area contributed by atoms with Crippen molar-refractivity contribution in [1.29, 1.82) is 5.26 Å². The van der Waals surface area contributed by atoms with Crippen LogP contribution in [0.4, 0.5) is 23.5 Å². The first-order valence-corrected chi connectivity index (χ1v) is 11.5. The first-order chi connectivity index (χ1) is 18.0. The number of nitrogens with zero attached hydrogens (tertiary/aromatic N) is 4. The van der Waals surface area contributed by atoms with Crippen molar-refractivity contribution in [3.8, 4) is 18.4 Å². The SMILES string of the molecule is C#CCn1c(N[C@@H](C)c2ccc(C(F)(F)F)cc2)nc2c(c1=O)CN(C(=O)c1ccc(C#N)cc1F)CC2.Cl. The average Bonchev–Trinajstić information content (AvgIpc) is 2.89. The van der Waals surface area contributed by atoms with E-state index in [1.165, 1.54) is 33.7 Å². The van der Waals surface area contributed by atoms with Gasteiger partial charge < -0.3 is 10.2 Å². The quantitative estimate of drug-likeness (QED) is 0.361. The average molecular weight is 560 g/mol. The number of terminal acetylenes is 1. The van der Waals surface area contributed by atoms with Crippen LogP contribution in [0.25, 0.3) is 0 Å². The molecule has 1 amide bonds. The third kappa shape index (κ3) is 6.05. The summed E-state index contributed by atoms with van der Waals surface area (Å²) in [6.07, 6.45) is 1.23. The fourth-order valence-corrected chi connectivity index (χ4v) is 4.20. The minimum absolute atomic E-state index is 0. The van der Waals surface area contributed by atoms with Crippen LogP contribution in [0.3, 0.4) is 0 Å². The van der Waals surface area contributed by atoms with E-state index in [2.05, 4.69) is 16.2 Å². The highest BCUT2D eigenvalue weighted by Gasteiger charge is 2.31. The predicted molar refractivity (Wildman–Crippen MR) is 138 cm³/mol. The maximum Gasteiger partial charge on any atom is 0.416 e. The van der Waals surface area contributed by atoms with Crippen LogP contribution in [-0.2, 0) is 25.7 Å². The lowest BCUT2D eigenvalue weighted by atomic mass is 10.0. The van der Waals surface area contributed by atoms with Gasteiger partial charge >= 0.3 is 6.18 Å². The number of nitrogens with one attached hydrogen (secondary N) is 1. The molecule has 0 spiro atoms. The van der Waals surface area contributed by atoms with Crippen LogP contribution in [0, 0.1) is 29.5 Å². The molecule has 0 saturated heterocycles. The van der Waals surface area contributed by atoms with Crippen molar-refractivity contribution >= 4 is 24.3 Å². The van der Waals surface area contributed by atoms with E-state index in [1.807, 2.05) is 0 Å². The van der Waals surface area contributed by atoms with Crippen LogP contribution in [0.5, 0.6) is 0 Å². The summed E-state index contributed by atoms with van der Waals surface area (Å²) in [5.41, 5.74) is -0.171. The topological polar surface area (TPSA) is 91.0 Å². The number of nitriles is 1. The second-order valence-electron chi connectivity index (χ2n) is 8.73. The monoisotopic (exact) mass is 559 g/mol. The van der Waals surface area contributed by atoms with Crippen molar-refractivity contribution in [2.24, 2.45) is 0 Å². The Labute approximate surface area is 227 Å². The lowest BCUT2D eigenvalue weighted by Crippen LogP contribution is -2.42. The standard InChI is InChI=1S/C27H21F4N5O2.ClH/c1-3-11-36-25(38)21-15-35(24(37)20-9-4-17(14-32)13-22(20)28)12-10-23(21)34-26(36)33-16(2)18-5-7-19(8-6-18)27(29,30)31;/h1,4-9,13,16H,10-12,15H2,2H3,(H,33,34);1H/t16-;/m0./s1. The molecule has 1 aliphatic heterocycles. The highest BCUT2D eigenvalue weighted by Crippen LogP contribution is 2.30. The second kappa shape index (κ2) is 11.6. The number of halogens is 5. The molecule has 0 fully saturated rings. The van der Waals surface area contributed by atoms with Gasteiger partial charge in [0.2, 0.25) is 5.95 Å². The number of rotatable bonds is 5. The molecule has 2 aromatic carbocycles. The third-order valence-electron chi connectivity index (χ3n) is 6.26. The largest absolute Gasteiger partial charge is 0.416 e. The molecular formula is C27H22ClF4N5O2. The zero-order valence-corrected chi connectivity index (χ0v) is 21.4. The van der Waals surface area contributed by atoms with Gasteiger partial charge in [0.15, 0.2) is 0 Å². The molecule has 0 bridgehead atoms. The second-order valence-corrected chi connectivity index (χ2v) is 8.73. The number of alkyl halides is 3. The Morgan fingerprint density at radius 3 is 2.51 bits per heavy atom. The summed E-state index contributed by atoms with van der Waals surface area (Å²) >= 11 is 0. The molecule has 2 heterocycles. The molecule has 1 aromatic heterocycles.